The highest BCUT2D eigenvalue weighted by Gasteiger charge is 2.19. The molecule has 0 saturated heterocycles. The second-order valence-corrected chi connectivity index (χ2v) is 6.16. The summed E-state index contributed by atoms with van der Waals surface area (Å²) in [6.45, 7) is 1.17. The topological polar surface area (TPSA) is 110 Å². The molecule has 21 heavy (non-hydrogen) atoms. The number of carboxylic acids is 1. The summed E-state index contributed by atoms with van der Waals surface area (Å²) in [6.07, 6.45) is -1.08. The summed E-state index contributed by atoms with van der Waals surface area (Å²) in [6, 6.07) is 5.61. The van der Waals surface area contributed by atoms with Crippen molar-refractivity contribution in [3.05, 3.63) is 29.8 Å². The van der Waals surface area contributed by atoms with Crippen molar-refractivity contribution < 1.29 is 27.9 Å². The molecule has 0 spiro atoms. The van der Waals surface area contributed by atoms with Crippen molar-refractivity contribution in [3.63, 3.8) is 0 Å². The zero-order chi connectivity index (χ0) is 16.0. The lowest BCUT2D eigenvalue weighted by atomic mass is 10.2. The van der Waals surface area contributed by atoms with Gasteiger partial charge in [0.25, 0.3) is 0 Å². The Morgan fingerprint density at radius 3 is 2.57 bits per heavy atom. The third-order valence-electron chi connectivity index (χ3n) is 2.79. The number of aliphatic carboxylic acids is 1. The molecule has 1 aromatic rings. The number of ether oxygens (including phenoxy) is 1. The first-order chi connectivity index (χ1) is 9.76. The van der Waals surface area contributed by atoms with Crippen LogP contribution in [0.3, 0.4) is 0 Å². The van der Waals surface area contributed by atoms with Crippen molar-refractivity contribution in [2.24, 2.45) is 0 Å². The standard InChI is InChI=1S/C13H17NO6S/c1-9(15)10-4-3-5-12(6-10)21(18,19)14-8-11(20-2)7-13(16)17/h3-6,11,14H,7-8H2,1-2H3,(H,16,17). The zero-order valence-electron chi connectivity index (χ0n) is 11.7. The maximum atomic E-state index is 12.1. The number of methoxy groups -OCH3 is 1. The molecule has 1 unspecified atom stereocenters. The number of carboxylic acid groups (broad SMARTS) is 1. The average Bonchev–Trinajstić information content (AvgIpc) is 2.43. The van der Waals surface area contributed by atoms with Gasteiger partial charge in [0.2, 0.25) is 10.0 Å². The molecule has 0 fully saturated rings. The summed E-state index contributed by atoms with van der Waals surface area (Å²) < 4.78 is 31.3. The summed E-state index contributed by atoms with van der Waals surface area (Å²) in [4.78, 5) is 21.8. The number of hydrogen-bond donors (Lipinski definition) is 2. The fraction of sp³-hybridized carbons (Fsp3) is 0.385. The minimum atomic E-state index is -3.83. The maximum Gasteiger partial charge on any atom is 0.306 e. The molecule has 0 amide bonds. The Bertz CT molecular complexity index is 625. The molecule has 1 rings (SSSR count). The predicted octanol–water partition coefficient (Wildman–Crippen LogP) is 0.657. The first-order valence-electron chi connectivity index (χ1n) is 6.11. The Balaban J connectivity index is 2.84. The van der Waals surface area contributed by atoms with Gasteiger partial charge in [0, 0.05) is 19.2 Å². The molecular weight excluding hydrogens is 298 g/mol. The van der Waals surface area contributed by atoms with Crippen LogP contribution in [0.15, 0.2) is 29.2 Å². The molecule has 0 aliphatic heterocycles. The number of nitrogens with one attached hydrogen (secondary N) is 1. The minimum absolute atomic E-state index is 0.0552. The van der Waals surface area contributed by atoms with Crippen molar-refractivity contribution >= 4 is 21.8 Å². The lowest BCUT2D eigenvalue weighted by Crippen LogP contribution is -2.34. The second kappa shape index (κ2) is 7.30. The number of carbonyl (C=O) groups is 2. The van der Waals surface area contributed by atoms with E-state index in [0.29, 0.717) is 0 Å². The van der Waals surface area contributed by atoms with E-state index in [9.17, 15) is 18.0 Å². The van der Waals surface area contributed by atoms with Crippen LogP contribution < -0.4 is 4.72 Å². The highest BCUT2D eigenvalue weighted by atomic mass is 32.2. The van der Waals surface area contributed by atoms with E-state index >= 15 is 0 Å². The van der Waals surface area contributed by atoms with Gasteiger partial charge in [-0.3, -0.25) is 9.59 Å². The van der Waals surface area contributed by atoms with Crippen LogP contribution >= 0.6 is 0 Å². The molecular formula is C13H17NO6S. The number of benzene rings is 1. The van der Waals surface area contributed by atoms with E-state index in [1.54, 1.807) is 0 Å². The Morgan fingerprint density at radius 1 is 1.38 bits per heavy atom. The Labute approximate surface area is 123 Å². The summed E-state index contributed by atoms with van der Waals surface area (Å²) in [5.74, 6) is -1.33. The minimum Gasteiger partial charge on any atom is -0.481 e. The van der Waals surface area contributed by atoms with Gasteiger partial charge in [0.15, 0.2) is 5.78 Å². The van der Waals surface area contributed by atoms with E-state index in [1.807, 2.05) is 0 Å². The van der Waals surface area contributed by atoms with Gasteiger partial charge in [-0.1, -0.05) is 12.1 Å². The Morgan fingerprint density at radius 2 is 2.05 bits per heavy atom. The Kier molecular flexibility index (Phi) is 6.01. The van der Waals surface area contributed by atoms with Crippen LogP contribution in [-0.4, -0.2) is 45.0 Å². The second-order valence-electron chi connectivity index (χ2n) is 4.39. The van der Waals surface area contributed by atoms with Gasteiger partial charge in [-0.15, -0.1) is 0 Å². The Hall–Kier alpha value is -1.77. The van der Waals surface area contributed by atoms with E-state index in [1.165, 1.54) is 38.3 Å². The van der Waals surface area contributed by atoms with E-state index in [0.717, 1.165) is 0 Å². The van der Waals surface area contributed by atoms with Crippen LogP contribution in [0.25, 0.3) is 0 Å². The smallest absolute Gasteiger partial charge is 0.306 e. The largest absolute Gasteiger partial charge is 0.481 e. The van der Waals surface area contributed by atoms with Crippen molar-refractivity contribution in [3.8, 4) is 0 Å². The van der Waals surface area contributed by atoms with Gasteiger partial charge in [0.1, 0.15) is 0 Å². The van der Waals surface area contributed by atoms with Gasteiger partial charge in [-0.2, -0.15) is 0 Å². The van der Waals surface area contributed by atoms with Crippen molar-refractivity contribution in [1.82, 2.24) is 4.72 Å². The number of Topliss-reactive ketones (excluding diaryl/α,β-unsaturated/α-hetero) is 1. The van der Waals surface area contributed by atoms with E-state index in [2.05, 4.69) is 4.72 Å². The van der Waals surface area contributed by atoms with Crippen molar-refractivity contribution in [2.45, 2.75) is 24.3 Å². The molecule has 1 aromatic carbocycles. The van der Waals surface area contributed by atoms with E-state index < -0.39 is 22.1 Å². The van der Waals surface area contributed by atoms with Crippen LogP contribution in [0.4, 0.5) is 0 Å². The molecule has 7 nitrogen and oxygen atoms in total. The fourth-order valence-corrected chi connectivity index (χ4v) is 2.71. The third-order valence-corrected chi connectivity index (χ3v) is 4.21. The molecule has 0 radical (unpaired) electrons. The van der Waals surface area contributed by atoms with Gasteiger partial charge < -0.3 is 9.84 Å². The van der Waals surface area contributed by atoms with Crippen molar-refractivity contribution in [2.75, 3.05) is 13.7 Å². The van der Waals surface area contributed by atoms with Crippen LogP contribution in [-0.2, 0) is 19.6 Å². The molecule has 1 atom stereocenters. The number of hydrogen-bond acceptors (Lipinski definition) is 5. The molecule has 0 saturated carbocycles. The molecule has 0 heterocycles. The zero-order valence-corrected chi connectivity index (χ0v) is 12.5. The van der Waals surface area contributed by atoms with E-state index in [-0.39, 0.29) is 29.2 Å². The quantitative estimate of drug-likeness (QED) is 0.682. The van der Waals surface area contributed by atoms with Crippen molar-refractivity contribution in [1.29, 1.82) is 0 Å². The van der Waals surface area contributed by atoms with Crippen LogP contribution in [0, 0.1) is 0 Å². The summed E-state index contributed by atoms with van der Waals surface area (Å²) in [5.41, 5.74) is 0.284. The molecule has 2 N–H and O–H groups in total. The number of carbonyl (C=O) groups excluding carboxylic acids is 1. The maximum absolute atomic E-state index is 12.1. The first-order valence-corrected chi connectivity index (χ1v) is 7.60. The number of sulfonamides is 1. The number of rotatable bonds is 8. The number of ketones is 1. The molecule has 8 heteroatoms. The predicted molar refractivity (Wildman–Crippen MR) is 74.7 cm³/mol. The van der Waals surface area contributed by atoms with Gasteiger partial charge in [-0.25, -0.2) is 13.1 Å². The SMILES string of the molecule is COC(CNS(=O)(=O)c1cccc(C(C)=O)c1)CC(=O)O. The summed E-state index contributed by atoms with van der Waals surface area (Å²) >= 11 is 0. The molecule has 0 aromatic heterocycles. The van der Waals surface area contributed by atoms with Crippen LogP contribution in [0.2, 0.25) is 0 Å². The fourth-order valence-electron chi connectivity index (χ4n) is 1.60. The third kappa shape index (κ3) is 5.25. The molecule has 0 aliphatic carbocycles. The molecule has 116 valence electrons. The normalized spacial score (nSPS) is 12.9. The highest BCUT2D eigenvalue weighted by molar-refractivity contribution is 7.89. The summed E-state index contributed by atoms with van der Waals surface area (Å²) in [5, 5.41) is 8.66. The summed E-state index contributed by atoms with van der Waals surface area (Å²) in [7, 11) is -2.53. The van der Waals surface area contributed by atoms with E-state index in [4.69, 9.17) is 9.84 Å². The van der Waals surface area contributed by atoms with Crippen LogP contribution in [0.5, 0.6) is 0 Å². The lowest BCUT2D eigenvalue weighted by molar-refractivity contribution is -0.139. The lowest BCUT2D eigenvalue weighted by Gasteiger charge is -2.14. The average molecular weight is 315 g/mol. The molecule has 0 bridgehead atoms. The van der Waals surface area contributed by atoms with Gasteiger partial charge in [0.05, 0.1) is 17.4 Å². The van der Waals surface area contributed by atoms with Gasteiger partial charge >= 0.3 is 5.97 Å². The van der Waals surface area contributed by atoms with Gasteiger partial charge in [-0.05, 0) is 19.1 Å². The van der Waals surface area contributed by atoms with Crippen LogP contribution in [0.1, 0.15) is 23.7 Å². The molecule has 0 aliphatic rings. The highest BCUT2D eigenvalue weighted by Crippen LogP contribution is 2.12. The first kappa shape index (κ1) is 17.3. The monoisotopic (exact) mass is 315 g/mol.